The molecule has 1 saturated heterocycles. The van der Waals surface area contributed by atoms with Crippen LogP contribution in [0.5, 0.6) is 0 Å². The van der Waals surface area contributed by atoms with Gasteiger partial charge >= 0.3 is 0 Å². The van der Waals surface area contributed by atoms with E-state index in [4.69, 9.17) is 0 Å². The summed E-state index contributed by atoms with van der Waals surface area (Å²) in [4.78, 5) is 11.8. The summed E-state index contributed by atoms with van der Waals surface area (Å²) in [6.45, 7) is 3.99. The largest absolute Gasteiger partial charge is 0.348 e. The maximum Gasteiger partial charge on any atom is 0.271 e. The van der Waals surface area contributed by atoms with E-state index in [0.29, 0.717) is 5.69 Å². The molecule has 1 fully saturated rings. The second-order valence-corrected chi connectivity index (χ2v) is 4.13. The molecule has 1 amide bonds. The normalized spacial score (nSPS) is 17.3. The highest BCUT2D eigenvalue weighted by Gasteiger charge is 2.17. The van der Waals surface area contributed by atoms with Crippen LogP contribution in [0.3, 0.4) is 0 Å². The van der Waals surface area contributed by atoms with Gasteiger partial charge in [0.1, 0.15) is 5.69 Å². The molecule has 1 aliphatic rings. The molecular weight excluding hydrogens is 204 g/mol. The van der Waals surface area contributed by atoms with Gasteiger partial charge in [-0.05, 0) is 38.4 Å². The van der Waals surface area contributed by atoms with Gasteiger partial charge in [-0.2, -0.15) is 5.10 Å². The van der Waals surface area contributed by atoms with Crippen molar-refractivity contribution in [2.45, 2.75) is 32.2 Å². The Kier molecular flexibility index (Phi) is 3.56. The first-order valence-corrected chi connectivity index (χ1v) is 5.85. The lowest BCUT2D eigenvalue weighted by atomic mass is 10.1. The molecule has 0 unspecified atom stereocenters. The zero-order valence-corrected chi connectivity index (χ0v) is 9.55. The molecule has 0 aromatic carbocycles. The van der Waals surface area contributed by atoms with Gasteiger partial charge in [-0.25, -0.2) is 0 Å². The zero-order valence-electron chi connectivity index (χ0n) is 9.55. The van der Waals surface area contributed by atoms with Crippen molar-refractivity contribution >= 4 is 5.91 Å². The zero-order chi connectivity index (χ0) is 11.4. The number of nitrogens with zero attached hydrogens (tertiary/aromatic N) is 1. The molecule has 0 bridgehead atoms. The average molecular weight is 222 g/mol. The Morgan fingerprint density at radius 3 is 2.94 bits per heavy atom. The second kappa shape index (κ2) is 5.12. The molecule has 0 aliphatic carbocycles. The first-order valence-electron chi connectivity index (χ1n) is 5.85. The molecule has 5 heteroatoms. The van der Waals surface area contributed by atoms with Crippen molar-refractivity contribution in [3.8, 4) is 0 Å². The number of piperidine rings is 1. The molecule has 0 atom stereocenters. The Bertz CT molecular complexity index is 355. The Morgan fingerprint density at radius 1 is 1.56 bits per heavy atom. The maximum absolute atomic E-state index is 11.8. The summed E-state index contributed by atoms with van der Waals surface area (Å²) in [6.07, 6.45) is 2.86. The third-order valence-electron chi connectivity index (χ3n) is 2.92. The smallest absolute Gasteiger partial charge is 0.271 e. The lowest BCUT2D eigenvalue weighted by Gasteiger charge is -2.23. The van der Waals surface area contributed by atoms with E-state index in [1.165, 1.54) is 0 Å². The third kappa shape index (κ3) is 2.61. The van der Waals surface area contributed by atoms with E-state index >= 15 is 0 Å². The third-order valence-corrected chi connectivity index (χ3v) is 2.92. The quantitative estimate of drug-likeness (QED) is 0.695. The van der Waals surface area contributed by atoms with Crippen LogP contribution in [0.2, 0.25) is 0 Å². The molecule has 5 nitrogen and oxygen atoms in total. The van der Waals surface area contributed by atoms with E-state index < -0.39 is 0 Å². The van der Waals surface area contributed by atoms with Crippen LogP contribution in [-0.2, 0) is 6.42 Å². The van der Waals surface area contributed by atoms with Gasteiger partial charge in [0.2, 0.25) is 0 Å². The van der Waals surface area contributed by atoms with E-state index in [0.717, 1.165) is 38.0 Å². The highest BCUT2D eigenvalue weighted by molar-refractivity contribution is 5.92. The number of aryl methyl sites for hydroxylation is 1. The van der Waals surface area contributed by atoms with Gasteiger partial charge in [-0.3, -0.25) is 9.89 Å². The van der Waals surface area contributed by atoms with Crippen molar-refractivity contribution < 1.29 is 4.79 Å². The standard InChI is InChI=1S/C11H18N4O/c1-2-8-7-10(15-14-8)11(16)13-9-3-5-12-6-4-9/h7,9,12H,2-6H2,1H3,(H,13,16)(H,14,15). The fourth-order valence-corrected chi connectivity index (χ4v) is 1.88. The highest BCUT2D eigenvalue weighted by atomic mass is 16.2. The monoisotopic (exact) mass is 222 g/mol. The molecule has 2 heterocycles. The number of hydrogen-bond acceptors (Lipinski definition) is 3. The maximum atomic E-state index is 11.8. The van der Waals surface area contributed by atoms with Crippen LogP contribution >= 0.6 is 0 Å². The second-order valence-electron chi connectivity index (χ2n) is 4.13. The highest BCUT2D eigenvalue weighted by Crippen LogP contribution is 2.05. The summed E-state index contributed by atoms with van der Waals surface area (Å²) in [7, 11) is 0. The van der Waals surface area contributed by atoms with Crippen molar-refractivity contribution in [1.82, 2.24) is 20.8 Å². The molecule has 0 radical (unpaired) electrons. The Labute approximate surface area is 95.0 Å². The predicted molar refractivity (Wildman–Crippen MR) is 61.3 cm³/mol. The van der Waals surface area contributed by atoms with E-state index in [1.807, 2.05) is 13.0 Å². The molecular formula is C11H18N4O. The Hall–Kier alpha value is -1.36. The lowest BCUT2D eigenvalue weighted by Crippen LogP contribution is -2.42. The van der Waals surface area contributed by atoms with Crippen LogP contribution in [0.25, 0.3) is 0 Å². The van der Waals surface area contributed by atoms with Gasteiger partial charge < -0.3 is 10.6 Å². The summed E-state index contributed by atoms with van der Waals surface area (Å²) >= 11 is 0. The van der Waals surface area contributed by atoms with Crippen molar-refractivity contribution in [3.63, 3.8) is 0 Å². The van der Waals surface area contributed by atoms with Crippen molar-refractivity contribution in [2.24, 2.45) is 0 Å². The van der Waals surface area contributed by atoms with Gasteiger partial charge in [-0.15, -0.1) is 0 Å². The number of nitrogens with one attached hydrogen (secondary N) is 3. The fourth-order valence-electron chi connectivity index (χ4n) is 1.88. The fraction of sp³-hybridized carbons (Fsp3) is 0.636. The molecule has 0 saturated carbocycles. The van der Waals surface area contributed by atoms with Crippen LogP contribution in [0.4, 0.5) is 0 Å². The minimum Gasteiger partial charge on any atom is -0.348 e. The number of rotatable bonds is 3. The van der Waals surface area contributed by atoms with Crippen LogP contribution in [0.15, 0.2) is 6.07 Å². The van der Waals surface area contributed by atoms with Gasteiger partial charge in [0.25, 0.3) is 5.91 Å². The number of H-pyrrole nitrogens is 1. The molecule has 16 heavy (non-hydrogen) atoms. The predicted octanol–water partition coefficient (Wildman–Crippen LogP) is 0.454. The number of hydrogen-bond donors (Lipinski definition) is 3. The van der Waals surface area contributed by atoms with Crippen LogP contribution < -0.4 is 10.6 Å². The summed E-state index contributed by atoms with van der Waals surface area (Å²) < 4.78 is 0. The Morgan fingerprint density at radius 2 is 2.31 bits per heavy atom. The van der Waals surface area contributed by atoms with Crippen molar-refractivity contribution in [2.75, 3.05) is 13.1 Å². The lowest BCUT2D eigenvalue weighted by molar-refractivity contribution is 0.0924. The minimum absolute atomic E-state index is 0.0668. The first kappa shape index (κ1) is 11.1. The van der Waals surface area contributed by atoms with Gasteiger partial charge in [0.05, 0.1) is 0 Å². The summed E-state index contributed by atoms with van der Waals surface area (Å²) in [5.41, 5.74) is 1.49. The molecule has 2 rings (SSSR count). The molecule has 1 aliphatic heterocycles. The van der Waals surface area contributed by atoms with E-state index in [-0.39, 0.29) is 11.9 Å². The van der Waals surface area contributed by atoms with Gasteiger partial charge in [-0.1, -0.05) is 6.92 Å². The van der Waals surface area contributed by atoms with E-state index in [2.05, 4.69) is 20.8 Å². The van der Waals surface area contributed by atoms with E-state index in [1.54, 1.807) is 0 Å². The number of amides is 1. The molecule has 88 valence electrons. The summed E-state index contributed by atoms with van der Waals surface area (Å²) in [5, 5.41) is 13.1. The summed E-state index contributed by atoms with van der Waals surface area (Å²) in [5.74, 6) is -0.0668. The average Bonchev–Trinajstić information content (AvgIpc) is 2.79. The number of carbonyl (C=O) groups excluding carboxylic acids is 1. The number of aromatic nitrogens is 2. The molecule has 0 spiro atoms. The summed E-state index contributed by atoms with van der Waals surface area (Å²) in [6, 6.07) is 2.10. The molecule has 1 aromatic heterocycles. The van der Waals surface area contributed by atoms with Crippen LogP contribution in [0.1, 0.15) is 35.9 Å². The molecule has 3 N–H and O–H groups in total. The molecule has 1 aromatic rings. The SMILES string of the molecule is CCc1cc(C(=O)NC2CCNCC2)n[nH]1. The van der Waals surface area contributed by atoms with Crippen LogP contribution in [0, 0.1) is 0 Å². The van der Waals surface area contributed by atoms with E-state index in [9.17, 15) is 4.79 Å². The number of carbonyl (C=O) groups is 1. The van der Waals surface area contributed by atoms with Crippen molar-refractivity contribution in [3.05, 3.63) is 17.5 Å². The topological polar surface area (TPSA) is 69.8 Å². The van der Waals surface area contributed by atoms with Crippen molar-refractivity contribution in [1.29, 1.82) is 0 Å². The van der Waals surface area contributed by atoms with Gasteiger partial charge in [0.15, 0.2) is 0 Å². The first-order chi connectivity index (χ1) is 7.79. The number of aromatic amines is 1. The van der Waals surface area contributed by atoms with Crippen LogP contribution in [-0.4, -0.2) is 35.2 Å². The van der Waals surface area contributed by atoms with Gasteiger partial charge in [0, 0.05) is 11.7 Å². The minimum atomic E-state index is -0.0668. The Balaban J connectivity index is 1.91.